The van der Waals surface area contributed by atoms with Crippen molar-refractivity contribution in [2.45, 2.75) is 20.4 Å². The molecule has 0 radical (unpaired) electrons. The number of hydrogen-bond donors (Lipinski definition) is 0. The van der Waals surface area contributed by atoms with Crippen LogP contribution in [0.1, 0.15) is 18.4 Å². The fourth-order valence-electron chi connectivity index (χ4n) is 1.26. The average Bonchev–Trinajstić information content (AvgIpc) is 2.61. The molecule has 84 valence electrons. The lowest BCUT2D eigenvalue weighted by Crippen LogP contribution is -2.32. The number of alkyl halides is 1. The van der Waals surface area contributed by atoms with Gasteiger partial charge in [0.15, 0.2) is 0 Å². The van der Waals surface area contributed by atoms with E-state index in [-0.39, 0.29) is 11.8 Å². The van der Waals surface area contributed by atoms with Gasteiger partial charge in [-0.15, -0.1) is 11.6 Å². The Kier molecular flexibility index (Phi) is 4.15. The fraction of sp³-hybridized carbons (Fsp3) is 0.600. The van der Waals surface area contributed by atoms with Gasteiger partial charge in [0.25, 0.3) is 0 Å². The first-order valence-electron chi connectivity index (χ1n) is 4.77. The number of hydrogen-bond acceptors (Lipinski definition) is 3. The van der Waals surface area contributed by atoms with Crippen LogP contribution in [0.2, 0.25) is 0 Å². The summed E-state index contributed by atoms with van der Waals surface area (Å²) >= 11 is 5.62. The van der Waals surface area contributed by atoms with Gasteiger partial charge in [-0.05, 0) is 6.92 Å². The van der Waals surface area contributed by atoms with Crippen molar-refractivity contribution in [2.24, 2.45) is 5.92 Å². The van der Waals surface area contributed by atoms with Crippen LogP contribution in [-0.2, 0) is 11.3 Å². The van der Waals surface area contributed by atoms with Crippen molar-refractivity contribution in [1.29, 1.82) is 0 Å². The quantitative estimate of drug-likeness (QED) is 0.742. The monoisotopic (exact) mass is 230 g/mol. The van der Waals surface area contributed by atoms with Crippen molar-refractivity contribution < 1.29 is 9.32 Å². The molecule has 1 atom stereocenters. The minimum atomic E-state index is -0.162. The smallest absolute Gasteiger partial charge is 0.226 e. The van der Waals surface area contributed by atoms with Crippen molar-refractivity contribution in [2.75, 3.05) is 12.9 Å². The maximum Gasteiger partial charge on any atom is 0.226 e. The standard InChI is InChI=1S/C10H15ClN2O2/c1-7(5-11)10(14)13(3)6-9-4-8(2)15-12-9/h4,7H,5-6H2,1-3H3. The number of carbonyl (C=O) groups is 1. The summed E-state index contributed by atoms with van der Waals surface area (Å²) in [5.41, 5.74) is 0.755. The molecule has 1 rings (SSSR count). The zero-order chi connectivity index (χ0) is 11.4. The molecule has 0 aliphatic carbocycles. The van der Waals surface area contributed by atoms with Gasteiger partial charge in [0.2, 0.25) is 5.91 Å². The Hall–Kier alpha value is -1.03. The molecule has 0 aliphatic rings. The van der Waals surface area contributed by atoms with Gasteiger partial charge in [0.1, 0.15) is 11.5 Å². The maximum absolute atomic E-state index is 11.7. The molecule has 1 amide bonds. The second-order valence-electron chi connectivity index (χ2n) is 3.68. The summed E-state index contributed by atoms with van der Waals surface area (Å²) in [5.74, 6) is 0.938. The summed E-state index contributed by atoms with van der Waals surface area (Å²) in [6, 6.07) is 1.81. The van der Waals surface area contributed by atoms with Gasteiger partial charge in [-0.3, -0.25) is 4.79 Å². The molecule has 0 saturated heterocycles. The number of carbonyl (C=O) groups excluding carboxylic acids is 1. The molecule has 1 aromatic heterocycles. The summed E-state index contributed by atoms with van der Waals surface area (Å²) in [6.45, 7) is 4.08. The Balaban J connectivity index is 2.55. The highest BCUT2D eigenvalue weighted by molar-refractivity contribution is 6.19. The zero-order valence-electron chi connectivity index (χ0n) is 9.16. The van der Waals surface area contributed by atoms with Crippen LogP contribution < -0.4 is 0 Å². The van der Waals surface area contributed by atoms with Gasteiger partial charge in [-0.25, -0.2) is 0 Å². The van der Waals surface area contributed by atoms with Gasteiger partial charge in [-0.2, -0.15) is 0 Å². The summed E-state index contributed by atoms with van der Waals surface area (Å²) in [7, 11) is 1.73. The van der Waals surface area contributed by atoms with Gasteiger partial charge < -0.3 is 9.42 Å². The first kappa shape index (κ1) is 12.0. The predicted octanol–water partition coefficient (Wildman–Crippen LogP) is 1.82. The number of rotatable bonds is 4. The molecule has 0 spiro atoms. The predicted molar refractivity (Wildman–Crippen MR) is 57.6 cm³/mol. The number of aryl methyl sites for hydroxylation is 1. The van der Waals surface area contributed by atoms with Crippen molar-refractivity contribution in [3.63, 3.8) is 0 Å². The average molecular weight is 231 g/mol. The maximum atomic E-state index is 11.7. The molecule has 15 heavy (non-hydrogen) atoms. The molecule has 0 fully saturated rings. The van der Waals surface area contributed by atoms with E-state index in [4.69, 9.17) is 16.1 Å². The Morgan fingerprint density at radius 2 is 2.40 bits per heavy atom. The SMILES string of the molecule is Cc1cc(CN(C)C(=O)C(C)CCl)no1. The number of aromatic nitrogens is 1. The third-order valence-corrected chi connectivity index (χ3v) is 2.57. The lowest BCUT2D eigenvalue weighted by molar-refractivity contribution is -0.133. The summed E-state index contributed by atoms with van der Waals surface area (Å²) < 4.78 is 4.92. The molecule has 1 aromatic rings. The molecule has 0 bridgehead atoms. The van der Waals surface area contributed by atoms with Gasteiger partial charge in [0.05, 0.1) is 6.54 Å². The van der Waals surface area contributed by atoms with Gasteiger partial charge >= 0.3 is 0 Å². The minimum Gasteiger partial charge on any atom is -0.361 e. The highest BCUT2D eigenvalue weighted by atomic mass is 35.5. The largest absolute Gasteiger partial charge is 0.361 e. The highest BCUT2D eigenvalue weighted by Gasteiger charge is 2.17. The highest BCUT2D eigenvalue weighted by Crippen LogP contribution is 2.08. The van der Waals surface area contributed by atoms with E-state index in [0.29, 0.717) is 12.4 Å². The summed E-state index contributed by atoms with van der Waals surface area (Å²) in [4.78, 5) is 13.3. The first-order chi connectivity index (χ1) is 7.04. The van der Waals surface area contributed by atoms with E-state index in [1.807, 2.05) is 13.0 Å². The first-order valence-corrected chi connectivity index (χ1v) is 5.31. The molecule has 0 aromatic carbocycles. The van der Waals surface area contributed by atoms with Gasteiger partial charge in [0, 0.05) is 24.9 Å². The Bertz CT molecular complexity index is 338. The van der Waals surface area contributed by atoms with Crippen LogP contribution in [0.25, 0.3) is 0 Å². The van der Waals surface area contributed by atoms with Crippen molar-refractivity contribution >= 4 is 17.5 Å². The van der Waals surface area contributed by atoms with Crippen LogP contribution in [0, 0.1) is 12.8 Å². The van der Waals surface area contributed by atoms with E-state index in [1.54, 1.807) is 18.9 Å². The minimum absolute atomic E-state index is 0.0191. The zero-order valence-corrected chi connectivity index (χ0v) is 9.91. The lowest BCUT2D eigenvalue weighted by atomic mass is 10.2. The van der Waals surface area contributed by atoms with Crippen LogP contribution in [0.15, 0.2) is 10.6 Å². The molecule has 5 heteroatoms. The molecule has 0 N–H and O–H groups in total. The third-order valence-electron chi connectivity index (χ3n) is 2.11. The fourth-order valence-corrected chi connectivity index (χ4v) is 1.39. The van der Waals surface area contributed by atoms with Crippen LogP contribution in [-0.4, -0.2) is 28.9 Å². The molecule has 1 heterocycles. The summed E-state index contributed by atoms with van der Waals surface area (Å²) in [6.07, 6.45) is 0. The summed E-state index contributed by atoms with van der Waals surface area (Å²) in [5, 5.41) is 3.82. The van der Waals surface area contributed by atoms with Crippen LogP contribution >= 0.6 is 11.6 Å². The van der Waals surface area contributed by atoms with E-state index < -0.39 is 0 Å². The van der Waals surface area contributed by atoms with E-state index in [9.17, 15) is 4.79 Å². The van der Waals surface area contributed by atoms with Crippen molar-refractivity contribution in [3.05, 3.63) is 17.5 Å². The molecular weight excluding hydrogens is 216 g/mol. The Morgan fingerprint density at radius 3 is 2.87 bits per heavy atom. The van der Waals surface area contributed by atoms with Crippen molar-refractivity contribution in [1.82, 2.24) is 10.1 Å². The Labute approximate surface area is 94.2 Å². The van der Waals surface area contributed by atoms with Crippen LogP contribution in [0.4, 0.5) is 0 Å². The number of nitrogens with zero attached hydrogens (tertiary/aromatic N) is 2. The topological polar surface area (TPSA) is 46.3 Å². The normalized spacial score (nSPS) is 12.5. The molecule has 1 unspecified atom stereocenters. The second kappa shape index (κ2) is 5.16. The van der Waals surface area contributed by atoms with E-state index in [2.05, 4.69) is 5.16 Å². The number of halogens is 1. The van der Waals surface area contributed by atoms with Crippen LogP contribution in [0.3, 0.4) is 0 Å². The second-order valence-corrected chi connectivity index (χ2v) is 3.99. The molecule has 4 nitrogen and oxygen atoms in total. The lowest BCUT2D eigenvalue weighted by Gasteiger charge is -2.18. The van der Waals surface area contributed by atoms with Crippen molar-refractivity contribution in [3.8, 4) is 0 Å². The number of amides is 1. The third kappa shape index (κ3) is 3.23. The molecule has 0 aliphatic heterocycles. The van der Waals surface area contributed by atoms with E-state index in [1.165, 1.54) is 0 Å². The van der Waals surface area contributed by atoms with Gasteiger partial charge in [-0.1, -0.05) is 12.1 Å². The molecule has 0 saturated carbocycles. The van der Waals surface area contributed by atoms with E-state index >= 15 is 0 Å². The van der Waals surface area contributed by atoms with Crippen LogP contribution in [0.5, 0.6) is 0 Å². The van der Waals surface area contributed by atoms with E-state index in [0.717, 1.165) is 11.5 Å². The Morgan fingerprint density at radius 1 is 1.73 bits per heavy atom. The molecular formula is C10H15ClN2O2.